The normalized spacial score (nSPS) is 12.6. The van der Waals surface area contributed by atoms with Crippen LogP contribution >= 0.6 is 0 Å². The Morgan fingerprint density at radius 3 is 2.26 bits per heavy atom. The molecule has 9 nitrogen and oxygen atoms in total. The second kappa shape index (κ2) is 11.4. The van der Waals surface area contributed by atoms with Gasteiger partial charge in [0.2, 0.25) is 15.8 Å². The molecule has 1 heterocycles. The number of hydrogen-bond acceptors (Lipinski definition) is 6. The van der Waals surface area contributed by atoms with Crippen LogP contribution in [0, 0.1) is 19.8 Å². The number of hydrogen-bond donors (Lipinski definition) is 2. The maximum Gasteiger partial charge on any atom is 0.329 e. The number of carbonyl (C=O) groups excluding carboxylic acids is 3. The average Bonchev–Trinajstić information content (AvgIpc) is 3.13. The Morgan fingerprint density at radius 2 is 1.74 bits per heavy atom. The van der Waals surface area contributed by atoms with Crippen LogP contribution in [0.4, 0.5) is 0 Å². The van der Waals surface area contributed by atoms with Crippen molar-refractivity contribution in [3.05, 3.63) is 52.8 Å². The molecule has 2 rings (SSSR count). The monoisotopic (exact) mass is 491 g/mol. The van der Waals surface area contributed by atoms with Gasteiger partial charge in [-0.3, -0.25) is 9.59 Å². The molecule has 0 saturated heterocycles. The van der Waals surface area contributed by atoms with Gasteiger partial charge in [0.1, 0.15) is 6.04 Å². The molecule has 0 saturated carbocycles. The lowest BCUT2D eigenvalue weighted by molar-refractivity contribution is -0.145. The standard InChI is InChI=1S/C24H33N3O6S/c1-7-27(8-2)34(31,32)19-11-9-10-18(13-19)23(29)26-22(15(3)4)24(30)33-14-21(28)20-12-16(5)25-17(20)6/h9-13,15,22,25H,7-8,14H2,1-6H3,(H,26,29)/t22-/m0/s1. The minimum atomic E-state index is -3.74. The number of carbonyl (C=O) groups is 3. The summed E-state index contributed by atoms with van der Waals surface area (Å²) in [6.45, 7) is 10.7. The SMILES string of the molecule is CCN(CC)S(=O)(=O)c1cccc(C(=O)N[C@H](C(=O)OCC(=O)c2cc(C)[nH]c2C)C(C)C)c1. The average molecular weight is 492 g/mol. The first kappa shape index (κ1) is 27.3. The summed E-state index contributed by atoms with van der Waals surface area (Å²) in [5.74, 6) is -2.03. The van der Waals surface area contributed by atoms with Crippen molar-refractivity contribution >= 4 is 27.7 Å². The molecule has 0 fully saturated rings. The van der Waals surface area contributed by atoms with Crippen LogP contribution in [0.1, 0.15) is 59.8 Å². The van der Waals surface area contributed by atoms with Gasteiger partial charge in [0.15, 0.2) is 6.61 Å². The van der Waals surface area contributed by atoms with Crippen molar-refractivity contribution in [3.63, 3.8) is 0 Å². The molecular formula is C24H33N3O6S. The summed E-state index contributed by atoms with van der Waals surface area (Å²) in [5, 5.41) is 2.61. The number of aromatic amines is 1. The first-order valence-corrected chi connectivity index (χ1v) is 12.6. The minimum absolute atomic E-state index is 0.00436. The molecule has 2 N–H and O–H groups in total. The molecule has 10 heteroatoms. The predicted molar refractivity (Wildman–Crippen MR) is 128 cm³/mol. The van der Waals surface area contributed by atoms with Crippen molar-refractivity contribution in [2.45, 2.75) is 52.5 Å². The number of sulfonamides is 1. The molecule has 0 unspecified atom stereocenters. The highest BCUT2D eigenvalue weighted by atomic mass is 32.2. The van der Waals surface area contributed by atoms with E-state index in [2.05, 4.69) is 10.3 Å². The third-order valence-electron chi connectivity index (χ3n) is 5.44. The number of Topliss-reactive ketones (excluding diaryl/α,β-unsaturated/α-hetero) is 1. The molecule has 1 atom stereocenters. The topological polar surface area (TPSA) is 126 Å². The van der Waals surface area contributed by atoms with Gasteiger partial charge >= 0.3 is 5.97 Å². The smallest absolute Gasteiger partial charge is 0.329 e. The Bertz CT molecular complexity index is 1150. The summed E-state index contributed by atoms with van der Waals surface area (Å²) in [7, 11) is -3.74. The maximum atomic E-state index is 12.9. The molecule has 1 amide bonds. The van der Waals surface area contributed by atoms with Crippen LogP contribution in [0.15, 0.2) is 35.2 Å². The third kappa shape index (κ3) is 6.32. The number of esters is 1. The fourth-order valence-corrected chi connectivity index (χ4v) is 5.05. The zero-order valence-electron chi connectivity index (χ0n) is 20.5. The van der Waals surface area contributed by atoms with E-state index in [1.165, 1.54) is 28.6 Å². The molecule has 1 aromatic heterocycles. The number of ether oxygens (including phenoxy) is 1. The summed E-state index contributed by atoms with van der Waals surface area (Å²) in [6, 6.07) is 6.33. The van der Waals surface area contributed by atoms with E-state index < -0.39 is 34.5 Å². The van der Waals surface area contributed by atoms with Gasteiger partial charge in [-0.15, -0.1) is 0 Å². The number of benzene rings is 1. The number of nitrogens with one attached hydrogen (secondary N) is 2. The highest BCUT2D eigenvalue weighted by Crippen LogP contribution is 2.18. The minimum Gasteiger partial charge on any atom is -0.456 e. The number of H-pyrrole nitrogens is 1. The Kier molecular flexibility index (Phi) is 9.17. The third-order valence-corrected chi connectivity index (χ3v) is 7.49. The van der Waals surface area contributed by atoms with Gasteiger partial charge in [-0.25, -0.2) is 13.2 Å². The Balaban J connectivity index is 2.13. The van der Waals surface area contributed by atoms with E-state index >= 15 is 0 Å². The van der Waals surface area contributed by atoms with Crippen molar-refractivity contribution in [1.82, 2.24) is 14.6 Å². The maximum absolute atomic E-state index is 12.9. The fourth-order valence-electron chi connectivity index (χ4n) is 3.55. The van der Waals surface area contributed by atoms with E-state index in [0.29, 0.717) is 24.3 Å². The number of nitrogens with zero attached hydrogens (tertiary/aromatic N) is 1. The van der Waals surface area contributed by atoms with Crippen molar-refractivity contribution < 1.29 is 27.5 Å². The molecule has 186 valence electrons. The predicted octanol–water partition coefficient (Wildman–Crippen LogP) is 2.84. The van der Waals surface area contributed by atoms with Gasteiger partial charge in [-0.1, -0.05) is 33.8 Å². The first-order valence-electron chi connectivity index (χ1n) is 11.2. The van der Waals surface area contributed by atoms with Crippen LogP contribution in [0.2, 0.25) is 0 Å². The van der Waals surface area contributed by atoms with E-state index in [-0.39, 0.29) is 22.2 Å². The van der Waals surface area contributed by atoms with Crippen LogP contribution in [-0.2, 0) is 19.6 Å². The molecule has 0 aliphatic carbocycles. The van der Waals surface area contributed by atoms with Gasteiger partial charge in [0.25, 0.3) is 5.91 Å². The van der Waals surface area contributed by atoms with Crippen molar-refractivity contribution in [2.75, 3.05) is 19.7 Å². The first-order chi connectivity index (χ1) is 15.9. The van der Waals surface area contributed by atoms with Crippen LogP contribution < -0.4 is 5.32 Å². The largest absolute Gasteiger partial charge is 0.456 e. The van der Waals surface area contributed by atoms with Crippen molar-refractivity contribution in [2.24, 2.45) is 5.92 Å². The zero-order valence-corrected chi connectivity index (χ0v) is 21.3. The van der Waals surface area contributed by atoms with Gasteiger partial charge in [-0.05, 0) is 44.0 Å². The number of rotatable bonds is 11. The van der Waals surface area contributed by atoms with Crippen LogP contribution in [0.25, 0.3) is 0 Å². The number of aromatic nitrogens is 1. The van der Waals surface area contributed by atoms with Crippen LogP contribution in [0.3, 0.4) is 0 Å². The van der Waals surface area contributed by atoms with E-state index in [4.69, 9.17) is 4.74 Å². The van der Waals surface area contributed by atoms with E-state index in [1.807, 2.05) is 6.92 Å². The van der Waals surface area contributed by atoms with E-state index in [0.717, 1.165) is 5.69 Å². The summed E-state index contributed by atoms with van der Waals surface area (Å²) >= 11 is 0. The number of ketones is 1. The Labute approximate surface area is 200 Å². The second-order valence-electron chi connectivity index (χ2n) is 8.33. The summed E-state index contributed by atoms with van der Waals surface area (Å²) in [4.78, 5) is 41.0. The lowest BCUT2D eigenvalue weighted by atomic mass is 10.0. The number of aryl methyl sites for hydroxylation is 2. The molecule has 34 heavy (non-hydrogen) atoms. The van der Waals surface area contributed by atoms with Gasteiger partial charge in [0, 0.05) is 35.6 Å². The highest BCUT2D eigenvalue weighted by Gasteiger charge is 2.28. The van der Waals surface area contributed by atoms with Gasteiger partial charge in [-0.2, -0.15) is 4.31 Å². The summed E-state index contributed by atoms with van der Waals surface area (Å²) in [6.07, 6.45) is 0. The van der Waals surface area contributed by atoms with Crippen LogP contribution in [0.5, 0.6) is 0 Å². The molecular weight excluding hydrogens is 458 g/mol. The number of amides is 1. The summed E-state index contributed by atoms with van der Waals surface area (Å²) in [5.41, 5.74) is 2.05. The van der Waals surface area contributed by atoms with Gasteiger partial charge < -0.3 is 15.0 Å². The summed E-state index contributed by atoms with van der Waals surface area (Å²) < 4.78 is 32.1. The fraction of sp³-hybridized carbons (Fsp3) is 0.458. The van der Waals surface area contributed by atoms with E-state index in [9.17, 15) is 22.8 Å². The molecule has 0 spiro atoms. The molecule has 0 radical (unpaired) electrons. The molecule has 1 aromatic carbocycles. The molecule has 0 aliphatic heterocycles. The molecule has 0 aliphatic rings. The van der Waals surface area contributed by atoms with Crippen LogP contribution in [-0.4, -0.2) is 61.1 Å². The molecule has 0 bridgehead atoms. The zero-order chi connectivity index (χ0) is 25.6. The van der Waals surface area contributed by atoms with Gasteiger partial charge in [0.05, 0.1) is 4.90 Å². The van der Waals surface area contributed by atoms with Crippen molar-refractivity contribution in [1.29, 1.82) is 0 Å². The second-order valence-corrected chi connectivity index (χ2v) is 10.3. The lowest BCUT2D eigenvalue weighted by Crippen LogP contribution is -2.45. The quantitative estimate of drug-likeness (QED) is 0.368. The Hall–Kier alpha value is -2.98. The molecule has 2 aromatic rings. The lowest BCUT2D eigenvalue weighted by Gasteiger charge is -2.21. The van der Waals surface area contributed by atoms with Crippen molar-refractivity contribution in [3.8, 4) is 0 Å². The van der Waals surface area contributed by atoms with E-state index in [1.54, 1.807) is 40.7 Å². The Morgan fingerprint density at radius 1 is 1.09 bits per heavy atom. The highest BCUT2D eigenvalue weighted by molar-refractivity contribution is 7.89.